The topological polar surface area (TPSA) is 58.4 Å². The predicted molar refractivity (Wildman–Crippen MR) is 71.9 cm³/mol. The number of nitrogens with two attached hydrogens (primary N) is 1. The Hall–Kier alpha value is -1.71. The molecule has 2 amide bonds. The van der Waals surface area contributed by atoms with E-state index in [0.29, 0.717) is 11.6 Å². The number of benzene rings is 1. The molecule has 1 rings (SSSR count). The van der Waals surface area contributed by atoms with Crippen LogP contribution in [0.4, 0.5) is 16.2 Å². The van der Waals surface area contributed by atoms with Gasteiger partial charge in [-0.1, -0.05) is 13.8 Å². The molecule has 0 spiro atoms. The van der Waals surface area contributed by atoms with Gasteiger partial charge in [-0.3, -0.25) is 0 Å². The standard InChI is InChI=1S/C13H21N3O/c1-9(2)10(3)16(4)13(17)15-12-7-5-11(14)6-8-12/h5-10H,14H2,1-4H3,(H,15,17). The number of carbonyl (C=O) groups excluding carboxylic acids is 1. The zero-order valence-electron chi connectivity index (χ0n) is 10.9. The highest BCUT2D eigenvalue weighted by Crippen LogP contribution is 2.13. The molecule has 3 N–H and O–H groups in total. The number of urea groups is 1. The van der Waals surface area contributed by atoms with Gasteiger partial charge >= 0.3 is 6.03 Å². The molecule has 0 saturated heterocycles. The number of amides is 2. The van der Waals surface area contributed by atoms with Crippen LogP contribution in [0.3, 0.4) is 0 Å². The van der Waals surface area contributed by atoms with Crippen LogP contribution < -0.4 is 11.1 Å². The van der Waals surface area contributed by atoms with Crippen molar-refractivity contribution in [2.24, 2.45) is 5.92 Å². The molecule has 0 aliphatic rings. The van der Waals surface area contributed by atoms with Crippen molar-refractivity contribution in [2.75, 3.05) is 18.1 Å². The first-order valence-electron chi connectivity index (χ1n) is 5.81. The van der Waals surface area contributed by atoms with E-state index in [0.717, 1.165) is 5.69 Å². The van der Waals surface area contributed by atoms with Gasteiger partial charge < -0.3 is 16.0 Å². The predicted octanol–water partition coefficient (Wildman–Crippen LogP) is 2.78. The van der Waals surface area contributed by atoms with E-state index in [9.17, 15) is 4.79 Å². The summed E-state index contributed by atoms with van der Waals surface area (Å²) in [6, 6.07) is 7.21. The van der Waals surface area contributed by atoms with Crippen molar-refractivity contribution in [1.29, 1.82) is 0 Å². The van der Waals surface area contributed by atoms with Crippen molar-refractivity contribution in [2.45, 2.75) is 26.8 Å². The molecule has 0 heterocycles. The van der Waals surface area contributed by atoms with Crippen LogP contribution in [0.2, 0.25) is 0 Å². The maximum absolute atomic E-state index is 11.9. The molecule has 0 fully saturated rings. The summed E-state index contributed by atoms with van der Waals surface area (Å²) in [4.78, 5) is 13.6. The molecule has 0 aromatic heterocycles. The van der Waals surface area contributed by atoms with E-state index in [4.69, 9.17) is 5.73 Å². The van der Waals surface area contributed by atoms with Gasteiger partial charge in [0.15, 0.2) is 0 Å². The van der Waals surface area contributed by atoms with Gasteiger partial charge in [-0.25, -0.2) is 4.79 Å². The number of rotatable bonds is 3. The average Bonchev–Trinajstić information content (AvgIpc) is 2.30. The summed E-state index contributed by atoms with van der Waals surface area (Å²) in [5.74, 6) is 0.428. The molecular weight excluding hydrogens is 214 g/mol. The van der Waals surface area contributed by atoms with Crippen LogP contribution in [0, 0.1) is 5.92 Å². The number of hydrogen-bond acceptors (Lipinski definition) is 2. The van der Waals surface area contributed by atoms with E-state index in [1.165, 1.54) is 0 Å². The van der Waals surface area contributed by atoms with Crippen molar-refractivity contribution in [1.82, 2.24) is 4.90 Å². The fourth-order valence-electron chi connectivity index (χ4n) is 1.41. The molecule has 1 atom stereocenters. The summed E-state index contributed by atoms with van der Waals surface area (Å²) in [7, 11) is 1.80. The van der Waals surface area contributed by atoms with Gasteiger partial charge in [0.2, 0.25) is 0 Å². The molecule has 1 aromatic rings. The summed E-state index contributed by atoms with van der Waals surface area (Å²) in [5, 5.41) is 2.84. The monoisotopic (exact) mass is 235 g/mol. The van der Waals surface area contributed by atoms with E-state index in [1.54, 1.807) is 36.2 Å². The Morgan fingerprint density at radius 3 is 2.24 bits per heavy atom. The Bertz CT molecular complexity index is 373. The zero-order valence-corrected chi connectivity index (χ0v) is 10.9. The van der Waals surface area contributed by atoms with Gasteiger partial charge in [0.1, 0.15) is 0 Å². The SMILES string of the molecule is CC(C)C(C)N(C)C(=O)Nc1ccc(N)cc1. The van der Waals surface area contributed by atoms with E-state index in [1.807, 2.05) is 6.92 Å². The molecule has 94 valence electrons. The first-order valence-corrected chi connectivity index (χ1v) is 5.81. The Morgan fingerprint density at radius 1 is 1.24 bits per heavy atom. The van der Waals surface area contributed by atoms with E-state index in [2.05, 4.69) is 19.2 Å². The number of carbonyl (C=O) groups is 1. The van der Waals surface area contributed by atoms with Crippen LogP contribution in [0.15, 0.2) is 24.3 Å². The first-order chi connectivity index (χ1) is 7.91. The molecule has 0 bridgehead atoms. The molecule has 0 radical (unpaired) electrons. The Kier molecular flexibility index (Phi) is 4.37. The number of hydrogen-bond donors (Lipinski definition) is 2. The van der Waals surface area contributed by atoms with Crippen molar-refractivity contribution in [3.8, 4) is 0 Å². The normalized spacial score (nSPS) is 12.3. The summed E-state index contributed by atoms with van der Waals surface area (Å²) in [6.45, 7) is 6.22. The Morgan fingerprint density at radius 2 is 1.76 bits per heavy atom. The van der Waals surface area contributed by atoms with Gasteiger partial charge in [-0.05, 0) is 37.1 Å². The lowest BCUT2D eigenvalue weighted by molar-refractivity contribution is 0.193. The third kappa shape index (κ3) is 3.66. The molecule has 1 unspecified atom stereocenters. The van der Waals surface area contributed by atoms with Crippen molar-refractivity contribution >= 4 is 17.4 Å². The van der Waals surface area contributed by atoms with Crippen molar-refractivity contribution < 1.29 is 4.79 Å². The summed E-state index contributed by atoms with van der Waals surface area (Å²) in [5.41, 5.74) is 7.03. The molecule has 17 heavy (non-hydrogen) atoms. The van der Waals surface area contributed by atoms with Crippen LogP contribution in [0.25, 0.3) is 0 Å². The fraction of sp³-hybridized carbons (Fsp3) is 0.462. The Labute approximate surface area is 103 Å². The minimum Gasteiger partial charge on any atom is -0.399 e. The van der Waals surface area contributed by atoms with Gasteiger partial charge in [0.05, 0.1) is 0 Å². The third-order valence-corrected chi connectivity index (χ3v) is 3.06. The summed E-state index contributed by atoms with van der Waals surface area (Å²) >= 11 is 0. The van der Waals surface area contributed by atoms with Crippen LogP contribution in [0.1, 0.15) is 20.8 Å². The zero-order chi connectivity index (χ0) is 13.0. The second-order valence-electron chi connectivity index (χ2n) is 4.65. The highest BCUT2D eigenvalue weighted by Gasteiger charge is 2.18. The molecule has 0 saturated carbocycles. The second kappa shape index (κ2) is 5.57. The number of nitrogens with zero attached hydrogens (tertiary/aromatic N) is 1. The quantitative estimate of drug-likeness (QED) is 0.791. The fourth-order valence-corrected chi connectivity index (χ4v) is 1.41. The maximum Gasteiger partial charge on any atom is 0.321 e. The van der Waals surface area contributed by atoms with Crippen molar-refractivity contribution in [3.05, 3.63) is 24.3 Å². The molecule has 4 nitrogen and oxygen atoms in total. The highest BCUT2D eigenvalue weighted by atomic mass is 16.2. The van der Waals surface area contributed by atoms with E-state index < -0.39 is 0 Å². The lowest BCUT2D eigenvalue weighted by atomic mass is 10.1. The van der Waals surface area contributed by atoms with Crippen molar-refractivity contribution in [3.63, 3.8) is 0 Å². The molecular formula is C13H21N3O. The van der Waals surface area contributed by atoms with E-state index >= 15 is 0 Å². The van der Waals surface area contributed by atoms with Crippen LogP contribution in [0.5, 0.6) is 0 Å². The number of anilines is 2. The Balaban J connectivity index is 2.63. The second-order valence-corrected chi connectivity index (χ2v) is 4.65. The smallest absolute Gasteiger partial charge is 0.321 e. The minimum absolute atomic E-state index is 0.101. The number of nitrogen functional groups attached to an aromatic ring is 1. The van der Waals surface area contributed by atoms with Gasteiger partial charge in [0, 0.05) is 24.5 Å². The lowest BCUT2D eigenvalue weighted by Crippen LogP contribution is -2.40. The van der Waals surface area contributed by atoms with Crippen LogP contribution >= 0.6 is 0 Å². The average molecular weight is 235 g/mol. The molecule has 1 aromatic carbocycles. The lowest BCUT2D eigenvalue weighted by Gasteiger charge is -2.28. The minimum atomic E-state index is -0.101. The molecule has 0 aliphatic heterocycles. The van der Waals surface area contributed by atoms with Gasteiger partial charge in [-0.2, -0.15) is 0 Å². The third-order valence-electron chi connectivity index (χ3n) is 3.06. The first kappa shape index (κ1) is 13.4. The van der Waals surface area contributed by atoms with Gasteiger partial charge in [0.25, 0.3) is 0 Å². The largest absolute Gasteiger partial charge is 0.399 e. The summed E-state index contributed by atoms with van der Waals surface area (Å²) < 4.78 is 0. The highest BCUT2D eigenvalue weighted by molar-refractivity contribution is 5.89. The number of nitrogens with one attached hydrogen (secondary N) is 1. The molecule has 0 aliphatic carbocycles. The van der Waals surface area contributed by atoms with Gasteiger partial charge in [-0.15, -0.1) is 0 Å². The van der Waals surface area contributed by atoms with E-state index in [-0.39, 0.29) is 12.1 Å². The van der Waals surface area contributed by atoms with Crippen LogP contribution in [-0.2, 0) is 0 Å². The molecule has 4 heteroatoms. The maximum atomic E-state index is 11.9. The summed E-state index contributed by atoms with van der Waals surface area (Å²) in [6.07, 6.45) is 0. The van der Waals surface area contributed by atoms with Crippen LogP contribution in [-0.4, -0.2) is 24.0 Å².